The van der Waals surface area contributed by atoms with Gasteiger partial charge in [0, 0.05) is 35.8 Å². The van der Waals surface area contributed by atoms with Crippen molar-refractivity contribution in [3.63, 3.8) is 0 Å². The third kappa shape index (κ3) is 5.25. The number of rotatable bonds is 6. The summed E-state index contributed by atoms with van der Waals surface area (Å²) in [5.41, 5.74) is 4.10. The molecule has 0 saturated heterocycles. The van der Waals surface area contributed by atoms with Gasteiger partial charge < -0.3 is 10.1 Å². The first-order valence-electron chi connectivity index (χ1n) is 10.8. The minimum Gasteiger partial charge on any atom is -0.439 e. The number of aryl methyl sites for hydroxylation is 2. The summed E-state index contributed by atoms with van der Waals surface area (Å²) in [5, 5.41) is 12.7. The zero-order valence-corrected chi connectivity index (χ0v) is 19.1. The molecular formula is C27H23N5O2. The highest BCUT2D eigenvalue weighted by Crippen LogP contribution is 2.31. The van der Waals surface area contributed by atoms with Crippen LogP contribution in [0.25, 0.3) is 11.1 Å². The molecule has 0 spiro atoms. The highest BCUT2D eigenvalue weighted by molar-refractivity contribution is 5.96. The van der Waals surface area contributed by atoms with E-state index >= 15 is 0 Å². The molecule has 2 aromatic heterocycles. The van der Waals surface area contributed by atoms with Crippen LogP contribution in [-0.4, -0.2) is 20.9 Å². The molecule has 0 aliphatic rings. The fraction of sp³-hybridized carbons (Fsp3) is 0.148. The molecule has 2 aromatic carbocycles. The second kappa shape index (κ2) is 9.92. The van der Waals surface area contributed by atoms with Crippen LogP contribution in [0.15, 0.2) is 73.2 Å². The summed E-state index contributed by atoms with van der Waals surface area (Å²) >= 11 is 0. The number of hydrogen-bond donors (Lipinski definition) is 1. The van der Waals surface area contributed by atoms with Crippen molar-refractivity contribution in [3.05, 3.63) is 101 Å². The van der Waals surface area contributed by atoms with Gasteiger partial charge in [-0.15, -0.1) is 0 Å². The van der Waals surface area contributed by atoms with Crippen molar-refractivity contribution in [3.8, 4) is 28.8 Å². The number of amides is 1. The zero-order chi connectivity index (χ0) is 24.1. The van der Waals surface area contributed by atoms with Crippen molar-refractivity contribution in [2.45, 2.75) is 26.8 Å². The summed E-state index contributed by atoms with van der Waals surface area (Å²) < 4.78 is 5.94. The van der Waals surface area contributed by atoms with Gasteiger partial charge in [-0.25, -0.2) is 15.0 Å². The fourth-order valence-corrected chi connectivity index (χ4v) is 3.46. The number of nitriles is 1. The Morgan fingerprint density at radius 3 is 2.53 bits per heavy atom. The van der Waals surface area contributed by atoms with E-state index < -0.39 is 0 Å². The largest absolute Gasteiger partial charge is 0.439 e. The normalized spacial score (nSPS) is 11.4. The molecular weight excluding hydrogens is 426 g/mol. The summed E-state index contributed by atoms with van der Waals surface area (Å²) in [7, 11) is 0. The Kier molecular flexibility index (Phi) is 6.60. The van der Waals surface area contributed by atoms with Crippen molar-refractivity contribution in [2.75, 3.05) is 0 Å². The highest BCUT2D eigenvalue weighted by Gasteiger charge is 2.16. The summed E-state index contributed by atoms with van der Waals surface area (Å²) in [5.74, 6) is 1.22. The Morgan fingerprint density at radius 1 is 1.03 bits per heavy atom. The lowest BCUT2D eigenvalue weighted by Crippen LogP contribution is -2.27. The predicted octanol–water partition coefficient (Wildman–Crippen LogP) is 5.31. The Balaban J connectivity index is 1.71. The summed E-state index contributed by atoms with van der Waals surface area (Å²) in [6, 6.07) is 18.1. The molecule has 0 unspecified atom stereocenters. The van der Waals surface area contributed by atoms with Crippen LogP contribution in [-0.2, 0) is 0 Å². The molecule has 7 nitrogen and oxygen atoms in total. The van der Waals surface area contributed by atoms with Gasteiger partial charge in [0.25, 0.3) is 5.91 Å². The van der Waals surface area contributed by atoms with Crippen LogP contribution >= 0.6 is 0 Å². The lowest BCUT2D eigenvalue weighted by Gasteiger charge is -2.16. The first-order valence-corrected chi connectivity index (χ1v) is 10.8. The van der Waals surface area contributed by atoms with Gasteiger partial charge in [0.1, 0.15) is 11.6 Å². The van der Waals surface area contributed by atoms with Crippen LogP contribution in [0.1, 0.15) is 45.8 Å². The Labute approximate surface area is 198 Å². The second-order valence-corrected chi connectivity index (χ2v) is 7.94. The summed E-state index contributed by atoms with van der Waals surface area (Å²) in [6.07, 6.45) is 5.03. The van der Waals surface area contributed by atoms with Gasteiger partial charge in [0.2, 0.25) is 5.88 Å². The van der Waals surface area contributed by atoms with Crippen molar-refractivity contribution < 1.29 is 9.53 Å². The molecule has 1 N–H and O–H groups in total. The van der Waals surface area contributed by atoms with E-state index in [2.05, 4.69) is 26.3 Å². The standard InChI is InChI=1S/C27H23N5O2/c1-17-7-8-25(22(10-17)14-28)20-11-21(13-24(12-20)34-26-6-4-5-9-29-26)27(33)32-18(2)23-15-30-19(3)31-16-23/h4-13,15-16,18H,1-3H3,(H,32,33)/t18-/m1/s1. The van der Waals surface area contributed by atoms with Crippen LogP contribution in [0.2, 0.25) is 0 Å². The van der Waals surface area contributed by atoms with Crippen molar-refractivity contribution in [1.82, 2.24) is 20.3 Å². The number of ether oxygens (including phenoxy) is 1. The number of carbonyl (C=O) groups excluding carboxylic acids is 1. The van der Waals surface area contributed by atoms with Gasteiger partial charge in [-0.1, -0.05) is 18.2 Å². The topological polar surface area (TPSA) is 101 Å². The van der Waals surface area contributed by atoms with E-state index in [0.717, 1.165) is 11.1 Å². The molecule has 0 saturated carbocycles. The number of carbonyl (C=O) groups is 1. The third-order valence-electron chi connectivity index (χ3n) is 5.28. The quantitative estimate of drug-likeness (QED) is 0.428. The molecule has 7 heteroatoms. The number of nitrogens with zero attached hydrogens (tertiary/aromatic N) is 4. The maximum atomic E-state index is 13.2. The number of benzene rings is 2. The van der Waals surface area contributed by atoms with Gasteiger partial charge in [0.05, 0.1) is 17.7 Å². The number of pyridine rings is 1. The Hall–Kier alpha value is -4.57. The SMILES string of the molecule is Cc1ccc(-c2cc(Oc3ccccn3)cc(C(=O)N[C@H](C)c3cnc(C)nc3)c2)c(C#N)c1. The molecule has 0 radical (unpaired) electrons. The molecule has 0 aliphatic carbocycles. The second-order valence-electron chi connectivity index (χ2n) is 7.94. The molecule has 0 aliphatic heterocycles. The maximum Gasteiger partial charge on any atom is 0.251 e. The molecule has 34 heavy (non-hydrogen) atoms. The zero-order valence-electron chi connectivity index (χ0n) is 19.1. The maximum absolute atomic E-state index is 13.2. The first kappa shape index (κ1) is 22.6. The van der Waals surface area contributed by atoms with E-state index in [0.29, 0.717) is 39.7 Å². The van der Waals surface area contributed by atoms with Gasteiger partial charge >= 0.3 is 0 Å². The van der Waals surface area contributed by atoms with Crippen LogP contribution in [0.4, 0.5) is 0 Å². The van der Waals surface area contributed by atoms with Gasteiger partial charge in [-0.3, -0.25) is 4.79 Å². The molecule has 1 atom stereocenters. The molecule has 0 bridgehead atoms. The highest BCUT2D eigenvalue weighted by atomic mass is 16.5. The number of aromatic nitrogens is 3. The van der Waals surface area contributed by atoms with Crippen LogP contribution in [0.3, 0.4) is 0 Å². The van der Waals surface area contributed by atoms with E-state index in [1.807, 2.05) is 45.0 Å². The van der Waals surface area contributed by atoms with E-state index in [4.69, 9.17) is 4.74 Å². The van der Waals surface area contributed by atoms with Crippen molar-refractivity contribution in [2.24, 2.45) is 0 Å². The van der Waals surface area contributed by atoms with Crippen LogP contribution in [0.5, 0.6) is 11.6 Å². The lowest BCUT2D eigenvalue weighted by molar-refractivity contribution is 0.0939. The molecule has 4 aromatic rings. The van der Waals surface area contributed by atoms with Crippen LogP contribution < -0.4 is 10.1 Å². The monoisotopic (exact) mass is 449 g/mol. The van der Waals surface area contributed by atoms with Gasteiger partial charge in [-0.05, 0) is 67.8 Å². The molecule has 4 rings (SSSR count). The molecule has 168 valence electrons. The van der Waals surface area contributed by atoms with Gasteiger partial charge in [-0.2, -0.15) is 5.26 Å². The van der Waals surface area contributed by atoms with Crippen molar-refractivity contribution >= 4 is 5.91 Å². The average molecular weight is 450 g/mol. The van der Waals surface area contributed by atoms with E-state index in [1.54, 1.807) is 48.9 Å². The van der Waals surface area contributed by atoms with Crippen molar-refractivity contribution in [1.29, 1.82) is 5.26 Å². The minimum absolute atomic E-state index is 0.286. The predicted molar refractivity (Wildman–Crippen MR) is 128 cm³/mol. The number of nitrogens with one attached hydrogen (secondary N) is 1. The Morgan fingerprint density at radius 2 is 1.82 bits per heavy atom. The van der Waals surface area contributed by atoms with Crippen LogP contribution in [0, 0.1) is 25.2 Å². The molecule has 1 amide bonds. The number of hydrogen-bond acceptors (Lipinski definition) is 6. The van der Waals surface area contributed by atoms with Gasteiger partial charge in [0.15, 0.2) is 0 Å². The average Bonchev–Trinajstić information content (AvgIpc) is 2.84. The van der Waals surface area contributed by atoms with E-state index in [1.165, 1.54) is 0 Å². The smallest absolute Gasteiger partial charge is 0.251 e. The summed E-state index contributed by atoms with van der Waals surface area (Å²) in [4.78, 5) is 25.8. The minimum atomic E-state index is -0.300. The third-order valence-corrected chi connectivity index (χ3v) is 5.28. The van der Waals surface area contributed by atoms with E-state index in [9.17, 15) is 10.1 Å². The molecule has 0 fully saturated rings. The lowest BCUT2D eigenvalue weighted by atomic mass is 9.96. The fourth-order valence-electron chi connectivity index (χ4n) is 3.46. The molecule has 2 heterocycles. The first-order chi connectivity index (χ1) is 16.4. The van der Waals surface area contributed by atoms with E-state index in [-0.39, 0.29) is 11.9 Å². The summed E-state index contributed by atoms with van der Waals surface area (Å²) in [6.45, 7) is 5.61. The Bertz CT molecular complexity index is 1360.